The predicted molar refractivity (Wildman–Crippen MR) is 53.0 cm³/mol. The van der Waals surface area contributed by atoms with Gasteiger partial charge >= 0.3 is 6.36 Å². The summed E-state index contributed by atoms with van der Waals surface area (Å²) >= 11 is 1.63. The molecule has 0 aliphatic carbocycles. The monoisotopic (exact) mass is 328 g/mol. The third-order valence-electron chi connectivity index (χ3n) is 1.37. The highest BCUT2D eigenvalue weighted by Crippen LogP contribution is 2.27. The molecule has 0 fully saturated rings. The molecule has 0 atom stereocenters. The van der Waals surface area contributed by atoms with Crippen LogP contribution in [-0.2, 0) is 6.42 Å². The fourth-order valence-electron chi connectivity index (χ4n) is 0.853. The molecule has 80 valence electrons. The van der Waals surface area contributed by atoms with Gasteiger partial charge in [-0.05, 0) is 34.2 Å². The molecule has 0 amide bonds. The molecule has 3 nitrogen and oxygen atoms in total. The van der Waals surface area contributed by atoms with E-state index in [4.69, 9.17) is 5.26 Å². The second-order valence-electron chi connectivity index (χ2n) is 2.52. The highest BCUT2D eigenvalue weighted by Gasteiger charge is 2.32. The molecule has 0 radical (unpaired) electrons. The first-order valence-electron chi connectivity index (χ1n) is 3.69. The highest BCUT2D eigenvalue weighted by molar-refractivity contribution is 14.1. The van der Waals surface area contributed by atoms with E-state index in [-0.39, 0.29) is 15.9 Å². The normalized spacial score (nSPS) is 10.9. The lowest BCUT2D eigenvalue weighted by Gasteiger charge is -2.10. The minimum atomic E-state index is -4.74. The zero-order valence-electron chi connectivity index (χ0n) is 7.18. The third-order valence-corrected chi connectivity index (χ3v) is 2.18. The lowest BCUT2D eigenvalue weighted by atomic mass is 10.2. The molecule has 0 unspecified atom stereocenters. The van der Waals surface area contributed by atoms with Crippen molar-refractivity contribution < 1.29 is 17.9 Å². The smallest absolute Gasteiger partial charge is 0.403 e. The molecule has 1 rings (SSSR count). The molecule has 1 aromatic heterocycles. The van der Waals surface area contributed by atoms with Gasteiger partial charge in [-0.3, -0.25) is 0 Å². The molecule has 0 bridgehead atoms. The van der Waals surface area contributed by atoms with Crippen molar-refractivity contribution in [2.75, 3.05) is 0 Å². The minimum absolute atomic E-state index is 0.00185. The quantitative estimate of drug-likeness (QED) is 0.619. The first-order valence-corrected chi connectivity index (χ1v) is 4.77. The highest BCUT2D eigenvalue weighted by atomic mass is 127. The molecule has 0 spiro atoms. The zero-order chi connectivity index (χ0) is 11.5. The summed E-state index contributed by atoms with van der Waals surface area (Å²) in [6, 6.07) is 2.97. The van der Waals surface area contributed by atoms with Crippen LogP contribution in [0.5, 0.6) is 5.75 Å². The second-order valence-corrected chi connectivity index (χ2v) is 3.54. The SMILES string of the molecule is N#CCc1cnc(I)c(OC(F)(F)F)c1. The number of nitriles is 1. The van der Waals surface area contributed by atoms with Crippen molar-refractivity contribution in [3.05, 3.63) is 21.5 Å². The van der Waals surface area contributed by atoms with Gasteiger partial charge in [-0.1, -0.05) is 0 Å². The Labute approximate surface area is 97.0 Å². The largest absolute Gasteiger partial charge is 0.573 e. The van der Waals surface area contributed by atoms with Crippen LogP contribution in [0.2, 0.25) is 0 Å². The van der Waals surface area contributed by atoms with Crippen molar-refractivity contribution in [3.63, 3.8) is 0 Å². The number of alkyl halides is 3. The number of nitrogens with zero attached hydrogens (tertiary/aromatic N) is 2. The average molecular weight is 328 g/mol. The molecule has 0 aliphatic rings. The summed E-state index contributed by atoms with van der Waals surface area (Å²) in [5, 5.41) is 8.37. The molecule has 0 saturated carbocycles. The average Bonchev–Trinajstić information content (AvgIpc) is 2.09. The van der Waals surface area contributed by atoms with Gasteiger partial charge in [-0.25, -0.2) is 4.98 Å². The Morgan fingerprint density at radius 2 is 2.20 bits per heavy atom. The van der Waals surface area contributed by atoms with Crippen LogP contribution in [0.15, 0.2) is 12.3 Å². The van der Waals surface area contributed by atoms with Crippen LogP contribution in [0.25, 0.3) is 0 Å². The number of hydrogen-bond acceptors (Lipinski definition) is 3. The number of halogens is 4. The summed E-state index contributed by atoms with van der Waals surface area (Å²) in [6.07, 6.45) is -3.40. The molecule has 15 heavy (non-hydrogen) atoms. The maximum atomic E-state index is 11.9. The van der Waals surface area contributed by atoms with Crippen molar-refractivity contribution in [1.82, 2.24) is 4.98 Å². The van der Waals surface area contributed by atoms with Crippen LogP contribution in [0.1, 0.15) is 5.56 Å². The number of rotatable bonds is 2. The Bertz CT molecular complexity index is 400. The van der Waals surface area contributed by atoms with E-state index < -0.39 is 6.36 Å². The summed E-state index contributed by atoms with van der Waals surface area (Å²) in [6.45, 7) is 0. The number of hydrogen-bond donors (Lipinski definition) is 0. The van der Waals surface area contributed by atoms with Crippen LogP contribution < -0.4 is 4.74 Å². The van der Waals surface area contributed by atoms with Gasteiger partial charge in [0.1, 0.15) is 3.70 Å². The van der Waals surface area contributed by atoms with E-state index >= 15 is 0 Å². The van der Waals surface area contributed by atoms with Gasteiger partial charge in [0.25, 0.3) is 0 Å². The maximum Gasteiger partial charge on any atom is 0.573 e. The second kappa shape index (κ2) is 4.65. The molecule has 0 aromatic carbocycles. The molecular formula is C8H4F3IN2O. The molecule has 1 heterocycles. The standard InChI is InChI=1S/C8H4F3IN2O/c9-8(10,11)15-6-3-5(1-2-13)4-14-7(6)12/h3-4H,1H2. The maximum absolute atomic E-state index is 11.9. The summed E-state index contributed by atoms with van der Waals surface area (Å²) in [5.74, 6) is -0.379. The first kappa shape index (κ1) is 12.0. The Kier molecular flexibility index (Phi) is 3.73. The van der Waals surface area contributed by atoms with Gasteiger partial charge in [0.2, 0.25) is 0 Å². The Hall–Kier alpha value is -1.04. The molecule has 0 saturated heterocycles. The van der Waals surface area contributed by atoms with Crippen molar-refractivity contribution in [2.45, 2.75) is 12.8 Å². The number of ether oxygens (including phenoxy) is 1. The van der Waals surface area contributed by atoms with Crippen molar-refractivity contribution in [1.29, 1.82) is 5.26 Å². The van der Waals surface area contributed by atoms with Crippen LogP contribution >= 0.6 is 22.6 Å². The molecule has 7 heteroatoms. The predicted octanol–water partition coefficient (Wildman–Crippen LogP) is 2.65. The molecule has 0 N–H and O–H groups in total. The first-order chi connectivity index (χ1) is 6.92. The molecular weight excluding hydrogens is 324 g/mol. The summed E-state index contributed by atoms with van der Waals surface area (Å²) in [7, 11) is 0. The van der Waals surface area contributed by atoms with E-state index in [1.165, 1.54) is 6.20 Å². The Balaban J connectivity index is 2.96. The van der Waals surface area contributed by atoms with Gasteiger partial charge < -0.3 is 4.74 Å². The van der Waals surface area contributed by atoms with Crippen LogP contribution in [0, 0.1) is 15.0 Å². The van der Waals surface area contributed by atoms with E-state index in [0.717, 1.165) is 6.07 Å². The van der Waals surface area contributed by atoms with Crippen LogP contribution in [-0.4, -0.2) is 11.3 Å². The fourth-order valence-corrected chi connectivity index (χ4v) is 1.26. The summed E-state index contributed by atoms with van der Waals surface area (Å²) < 4.78 is 39.6. The van der Waals surface area contributed by atoms with Crippen LogP contribution in [0.4, 0.5) is 13.2 Å². The van der Waals surface area contributed by atoms with Crippen molar-refractivity contribution in [3.8, 4) is 11.8 Å². The van der Waals surface area contributed by atoms with E-state index in [9.17, 15) is 13.2 Å². The van der Waals surface area contributed by atoms with E-state index in [2.05, 4.69) is 9.72 Å². The lowest BCUT2D eigenvalue weighted by molar-refractivity contribution is -0.275. The van der Waals surface area contributed by atoms with Gasteiger partial charge in [0.05, 0.1) is 12.5 Å². The zero-order valence-corrected chi connectivity index (χ0v) is 9.33. The van der Waals surface area contributed by atoms with Crippen LogP contribution in [0.3, 0.4) is 0 Å². The molecule has 0 aliphatic heterocycles. The lowest BCUT2D eigenvalue weighted by Crippen LogP contribution is -2.18. The van der Waals surface area contributed by atoms with E-state index in [1.807, 2.05) is 6.07 Å². The number of aromatic nitrogens is 1. The summed E-state index contributed by atoms with van der Waals surface area (Å²) in [5.41, 5.74) is 0.386. The van der Waals surface area contributed by atoms with E-state index in [0.29, 0.717) is 5.56 Å². The topological polar surface area (TPSA) is 45.9 Å². The van der Waals surface area contributed by atoms with Crippen molar-refractivity contribution in [2.24, 2.45) is 0 Å². The Morgan fingerprint density at radius 1 is 1.53 bits per heavy atom. The van der Waals surface area contributed by atoms with E-state index in [1.54, 1.807) is 22.6 Å². The Morgan fingerprint density at radius 3 is 2.73 bits per heavy atom. The van der Waals surface area contributed by atoms with Crippen molar-refractivity contribution >= 4 is 22.6 Å². The minimum Gasteiger partial charge on any atom is -0.403 e. The summed E-state index contributed by atoms with van der Waals surface area (Å²) in [4.78, 5) is 3.69. The number of pyridine rings is 1. The fraction of sp³-hybridized carbons (Fsp3) is 0.250. The van der Waals surface area contributed by atoms with Gasteiger partial charge in [-0.15, -0.1) is 13.2 Å². The molecule has 1 aromatic rings. The third kappa shape index (κ3) is 3.91. The van der Waals surface area contributed by atoms with Gasteiger partial charge in [-0.2, -0.15) is 5.26 Å². The van der Waals surface area contributed by atoms with Gasteiger partial charge in [0, 0.05) is 6.20 Å². The van der Waals surface area contributed by atoms with Gasteiger partial charge in [0.15, 0.2) is 5.75 Å².